The van der Waals surface area contributed by atoms with Gasteiger partial charge in [0.2, 0.25) is 0 Å². The van der Waals surface area contributed by atoms with E-state index in [1.807, 2.05) is 62.3 Å². The third kappa shape index (κ3) is 22.9. The largest absolute Gasteiger partial charge is 0.463 e. The average molecular weight is 645 g/mol. The molecule has 0 atom stereocenters. The predicted molar refractivity (Wildman–Crippen MR) is 188 cm³/mol. The number of rotatable bonds is 16. The highest BCUT2D eigenvalue weighted by Gasteiger charge is 2.25. The molecule has 2 aliphatic rings. The molecule has 0 saturated carbocycles. The highest BCUT2D eigenvalue weighted by atomic mass is 16.7. The molecule has 2 aliphatic heterocycles. The van der Waals surface area contributed by atoms with Gasteiger partial charge in [-0.1, -0.05) is 60.8 Å². The molecule has 2 heterocycles. The summed E-state index contributed by atoms with van der Waals surface area (Å²) in [6, 6.07) is 0.689. The number of esters is 2. The van der Waals surface area contributed by atoms with Gasteiger partial charge in [0.25, 0.3) is 0 Å². The van der Waals surface area contributed by atoms with Gasteiger partial charge in [0.1, 0.15) is 13.2 Å². The van der Waals surface area contributed by atoms with E-state index in [9.17, 15) is 9.59 Å². The number of piperidine rings is 2. The van der Waals surface area contributed by atoms with Gasteiger partial charge in [0.05, 0.1) is 25.0 Å². The molecule has 0 radical (unpaired) electrons. The van der Waals surface area contributed by atoms with Crippen LogP contribution in [0.1, 0.15) is 141 Å². The summed E-state index contributed by atoms with van der Waals surface area (Å²) in [6.45, 7) is 32.0. The Labute approximate surface area is 279 Å². The van der Waals surface area contributed by atoms with Crippen molar-refractivity contribution in [3.63, 3.8) is 0 Å². The van der Waals surface area contributed by atoms with Gasteiger partial charge in [0.15, 0.2) is 5.79 Å². The van der Waals surface area contributed by atoms with Crippen molar-refractivity contribution in [2.75, 3.05) is 59.2 Å². The van der Waals surface area contributed by atoms with E-state index in [1.165, 1.54) is 58.0 Å². The third-order valence-electron chi connectivity index (χ3n) is 8.12. The first kappa shape index (κ1) is 45.9. The summed E-state index contributed by atoms with van der Waals surface area (Å²) in [6.07, 6.45) is 9.80. The lowest BCUT2D eigenvalue weighted by atomic mass is 9.86. The van der Waals surface area contributed by atoms with Crippen LogP contribution in [0.5, 0.6) is 0 Å². The molecule has 2 rings (SSSR count). The quantitative estimate of drug-likeness (QED) is 0.0943. The molecule has 45 heavy (non-hydrogen) atoms. The Morgan fingerprint density at radius 2 is 1.13 bits per heavy atom. The minimum atomic E-state index is -0.851. The monoisotopic (exact) mass is 645 g/mol. The molecular weight excluding hydrogens is 568 g/mol. The smallest absolute Gasteiger partial charge is 0.311 e. The molecule has 2 fully saturated rings. The maximum absolute atomic E-state index is 12.2. The van der Waals surface area contributed by atoms with E-state index in [0.29, 0.717) is 12.5 Å². The van der Waals surface area contributed by atoms with Crippen molar-refractivity contribution < 1.29 is 28.5 Å². The SMILES string of the molecule is CC.CC.CC.CC(C)N1CCC(CCCC2CCN(CCC(=O)OCCOC(C)(C)OCCOC(=O)C(C)(C)C)CC2)CC1. The number of carbonyl (C=O) groups is 2. The van der Waals surface area contributed by atoms with Crippen LogP contribution in [0.15, 0.2) is 0 Å². The Hall–Kier alpha value is -1.22. The van der Waals surface area contributed by atoms with E-state index in [1.54, 1.807) is 13.8 Å². The third-order valence-corrected chi connectivity index (χ3v) is 8.12. The molecule has 0 N–H and O–H groups in total. The van der Waals surface area contributed by atoms with E-state index in [4.69, 9.17) is 18.9 Å². The van der Waals surface area contributed by atoms with Crippen LogP contribution in [0.4, 0.5) is 0 Å². The predicted octanol–water partition coefficient (Wildman–Crippen LogP) is 8.36. The summed E-state index contributed by atoms with van der Waals surface area (Å²) in [5.41, 5.74) is -0.531. The molecule has 0 aromatic heterocycles. The minimum absolute atomic E-state index is 0.174. The lowest BCUT2D eigenvalue weighted by Crippen LogP contribution is -2.38. The fourth-order valence-electron chi connectivity index (χ4n) is 5.40. The van der Waals surface area contributed by atoms with Gasteiger partial charge in [0, 0.05) is 12.6 Å². The van der Waals surface area contributed by atoms with Crippen molar-refractivity contribution in [2.24, 2.45) is 17.3 Å². The van der Waals surface area contributed by atoms with Crippen LogP contribution in [0.3, 0.4) is 0 Å². The molecule has 0 aromatic carbocycles. The normalized spacial score (nSPS) is 16.8. The first-order valence-electron chi connectivity index (χ1n) is 18.4. The van der Waals surface area contributed by atoms with Crippen molar-refractivity contribution in [3.8, 4) is 0 Å². The van der Waals surface area contributed by atoms with Gasteiger partial charge < -0.3 is 28.7 Å². The Balaban J connectivity index is 0. The average Bonchev–Trinajstić information content (AvgIpc) is 3.03. The molecule has 0 bridgehead atoms. The second kappa shape index (κ2) is 26.8. The van der Waals surface area contributed by atoms with E-state index >= 15 is 0 Å². The molecule has 0 aliphatic carbocycles. The van der Waals surface area contributed by atoms with Crippen molar-refractivity contribution in [1.29, 1.82) is 0 Å². The molecular formula is C37H76N2O6. The number of likely N-dealkylation sites (tertiary alicyclic amines) is 2. The summed E-state index contributed by atoms with van der Waals surface area (Å²) in [5.74, 6) is 0.481. The molecule has 270 valence electrons. The zero-order valence-corrected chi connectivity index (χ0v) is 32.1. The van der Waals surface area contributed by atoms with Crippen LogP contribution in [0.2, 0.25) is 0 Å². The summed E-state index contributed by atoms with van der Waals surface area (Å²) >= 11 is 0. The summed E-state index contributed by atoms with van der Waals surface area (Å²) in [4.78, 5) is 29.0. The fraction of sp³-hybridized carbons (Fsp3) is 0.946. The maximum Gasteiger partial charge on any atom is 0.311 e. The molecule has 0 amide bonds. The Bertz CT molecular complexity index is 706. The van der Waals surface area contributed by atoms with Crippen LogP contribution in [-0.2, 0) is 28.5 Å². The number of hydrogen-bond donors (Lipinski definition) is 0. The summed E-state index contributed by atoms with van der Waals surface area (Å²) in [5, 5.41) is 0. The standard InChI is InChI=1S/C31H58N2O6.3C2H6/c1-25(2)33-19-13-27(14-20-33)10-8-9-26-11-16-32(17-12-26)18-15-28(34)36-21-23-38-31(6,7)39-24-22-37-29(35)30(3,4)5;3*1-2/h25-27H,8-24H2,1-7H3;3*1-2H3. The highest BCUT2D eigenvalue weighted by Crippen LogP contribution is 2.28. The molecule has 8 nitrogen and oxygen atoms in total. The summed E-state index contributed by atoms with van der Waals surface area (Å²) in [7, 11) is 0. The number of hydrogen-bond acceptors (Lipinski definition) is 8. The molecule has 0 unspecified atom stereocenters. The van der Waals surface area contributed by atoms with Crippen molar-refractivity contribution in [2.45, 2.75) is 153 Å². The minimum Gasteiger partial charge on any atom is -0.463 e. The zero-order chi connectivity index (χ0) is 34.9. The fourth-order valence-corrected chi connectivity index (χ4v) is 5.40. The topological polar surface area (TPSA) is 77.5 Å². The number of carbonyl (C=O) groups excluding carboxylic acids is 2. The van der Waals surface area contributed by atoms with Crippen molar-refractivity contribution in [1.82, 2.24) is 9.80 Å². The molecule has 2 saturated heterocycles. The van der Waals surface area contributed by atoms with Gasteiger partial charge in [-0.15, -0.1) is 0 Å². The highest BCUT2D eigenvalue weighted by molar-refractivity contribution is 5.75. The van der Waals surface area contributed by atoms with Crippen LogP contribution in [-0.4, -0.2) is 92.7 Å². The van der Waals surface area contributed by atoms with Crippen LogP contribution in [0.25, 0.3) is 0 Å². The van der Waals surface area contributed by atoms with E-state index in [0.717, 1.165) is 31.5 Å². The van der Waals surface area contributed by atoms with Crippen LogP contribution >= 0.6 is 0 Å². The van der Waals surface area contributed by atoms with Crippen LogP contribution in [0, 0.1) is 17.3 Å². The van der Waals surface area contributed by atoms with Gasteiger partial charge in [-0.05, 0) is 112 Å². The second-order valence-corrected chi connectivity index (χ2v) is 13.2. The van der Waals surface area contributed by atoms with Crippen molar-refractivity contribution in [3.05, 3.63) is 0 Å². The lowest BCUT2D eigenvalue weighted by Gasteiger charge is -2.35. The Morgan fingerprint density at radius 3 is 1.58 bits per heavy atom. The number of nitrogens with zero attached hydrogens (tertiary/aromatic N) is 2. The Morgan fingerprint density at radius 1 is 0.689 bits per heavy atom. The Kier molecular flexibility index (Phi) is 27.3. The lowest BCUT2D eigenvalue weighted by molar-refractivity contribution is -0.224. The van der Waals surface area contributed by atoms with Gasteiger partial charge in [-0.2, -0.15) is 0 Å². The number of ether oxygens (including phenoxy) is 4. The van der Waals surface area contributed by atoms with E-state index in [-0.39, 0.29) is 38.4 Å². The molecule has 0 spiro atoms. The van der Waals surface area contributed by atoms with Crippen LogP contribution < -0.4 is 0 Å². The van der Waals surface area contributed by atoms with Gasteiger partial charge in [-0.3, -0.25) is 9.59 Å². The molecule has 8 heteroatoms. The zero-order valence-electron chi connectivity index (χ0n) is 32.1. The van der Waals surface area contributed by atoms with Crippen molar-refractivity contribution >= 4 is 11.9 Å². The molecule has 0 aromatic rings. The van der Waals surface area contributed by atoms with Gasteiger partial charge in [-0.25, -0.2) is 0 Å². The first-order chi connectivity index (χ1) is 21.4. The van der Waals surface area contributed by atoms with E-state index < -0.39 is 11.2 Å². The maximum atomic E-state index is 12.2. The first-order valence-corrected chi connectivity index (χ1v) is 18.4. The second-order valence-electron chi connectivity index (χ2n) is 13.2. The summed E-state index contributed by atoms with van der Waals surface area (Å²) < 4.78 is 21.9. The van der Waals surface area contributed by atoms with E-state index in [2.05, 4.69) is 23.6 Å². The van der Waals surface area contributed by atoms with Gasteiger partial charge >= 0.3 is 11.9 Å².